The fourth-order valence-corrected chi connectivity index (χ4v) is 7.43. The van der Waals surface area contributed by atoms with Crippen LogP contribution in [0.4, 0.5) is 13.2 Å². The molecule has 3 aromatic rings. The van der Waals surface area contributed by atoms with Crippen molar-refractivity contribution in [1.29, 1.82) is 0 Å². The first-order chi connectivity index (χ1) is 18.4. The largest absolute Gasteiger partial charge is 0.416 e. The molecular weight excluding hydrogens is 596 g/mol. The summed E-state index contributed by atoms with van der Waals surface area (Å²) in [6.45, 7) is -0.176. The maximum absolute atomic E-state index is 13.8. The Morgan fingerprint density at radius 2 is 1.92 bits per heavy atom. The molecule has 2 heterocycles. The van der Waals surface area contributed by atoms with Crippen molar-refractivity contribution in [3.05, 3.63) is 85.5 Å². The van der Waals surface area contributed by atoms with E-state index in [1.165, 1.54) is 7.11 Å². The summed E-state index contributed by atoms with van der Waals surface area (Å²) in [7, 11) is -3.01. The molecule has 210 valence electrons. The lowest BCUT2D eigenvalue weighted by Crippen LogP contribution is -2.47. The van der Waals surface area contributed by atoms with E-state index in [4.69, 9.17) is 27.9 Å². The number of ether oxygens (including phenoxy) is 1. The van der Waals surface area contributed by atoms with Crippen molar-refractivity contribution in [3.63, 3.8) is 0 Å². The van der Waals surface area contributed by atoms with E-state index in [9.17, 15) is 26.4 Å². The molecule has 1 aliphatic rings. The lowest BCUT2D eigenvalue weighted by Gasteiger charge is -2.38. The predicted molar refractivity (Wildman–Crippen MR) is 145 cm³/mol. The van der Waals surface area contributed by atoms with Gasteiger partial charge in [-0.25, -0.2) is 8.42 Å². The summed E-state index contributed by atoms with van der Waals surface area (Å²) in [6.07, 6.45) is -3.91. The molecule has 0 bridgehead atoms. The lowest BCUT2D eigenvalue weighted by molar-refractivity contribution is -0.137. The predicted octanol–water partition coefficient (Wildman–Crippen LogP) is 6.28. The van der Waals surface area contributed by atoms with Gasteiger partial charge in [0, 0.05) is 41.7 Å². The van der Waals surface area contributed by atoms with Gasteiger partial charge in [-0.15, -0.1) is 11.3 Å². The Labute approximate surface area is 238 Å². The number of thiophene rings is 1. The van der Waals surface area contributed by atoms with E-state index in [0.717, 1.165) is 32.9 Å². The number of carbonyl (C=O) groups is 1. The van der Waals surface area contributed by atoms with E-state index < -0.39 is 45.2 Å². The standard InChI is InChI=1S/C26H25Cl2F3N2O4S2/c1-37-12-3-10-32(39(35,36)19-5-2-4-17(14-19)26(29,30)31)16-24(34)33-11-8-23-21(9-13-38-23)25(33)20-7-6-18(27)15-22(20)28/h2,4-7,9,13-15,25H,3,8,10-12,16H2,1H3. The van der Waals surface area contributed by atoms with Gasteiger partial charge in [-0.1, -0.05) is 35.3 Å². The average Bonchev–Trinajstić information content (AvgIpc) is 3.36. The Morgan fingerprint density at radius 1 is 1.15 bits per heavy atom. The second-order valence-electron chi connectivity index (χ2n) is 8.92. The van der Waals surface area contributed by atoms with E-state index in [-0.39, 0.29) is 19.6 Å². The quantitative estimate of drug-likeness (QED) is 0.264. The van der Waals surface area contributed by atoms with Crippen LogP contribution in [0.3, 0.4) is 0 Å². The number of benzene rings is 2. The Balaban J connectivity index is 1.69. The third-order valence-corrected chi connectivity index (χ3v) is 9.81. The minimum absolute atomic E-state index is 0.123. The van der Waals surface area contributed by atoms with Crippen molar-refractivity contribution < 1.29 is 31.1 Å². The maximum atomic E-state index is 13.8. The van der Waals surface area contributed by atoms with Gasteiger partial charge in [0.2, 0.25) is 15.9 Å². The minimum atomic E-state index is -4.72. The third-order valence-electron chi connectivity index (χ3n) is 6.41. The molecule has 0 aliphatic carbocycles. The summed E-state index contributed by atoms with van der Waals surface area (Å²) in [5.74, 6) is -0.504. The van der Waals surface area contributed by atoms with Crippen molar-refractivity contribution in [3.8, 4) is 0 Å². The number of methoxy groups -OCH3 is 1. The van der Waals surface area contributed by atoms with Crippen LogP contribution in [0.25, 0.3) is 0 Å². The fourth-order valence-electron chi connectivity index (χ4n) is 4.54. The van der Waals surface area contributed by atoms with E-state index >= 15 is 0 Å². The molecule has 0 saturated heterocycles. The molecule has 0 N–H and O–H groups in total. The van der Waals surface area contributed by atoms with Gasteiger partial charge in [-0.05, 0) is 65.7 Å². The summed E-state index contributed by atoms with van der Waals surface area (Å²) in [5, 5.41) is 2.71. The Kier molecular flexibility index (Phi) is 9.30. The van der Waals surface area contributed by atoms with E-state index in [1.54, 1.807) is 34.4 Å². The summed E-state index contributed by atoms with van der Waals surface area (Å²) in [5.41, 5.74) is 0.432. The molecular formula is C26H25Cl2F3N2O4S2. The molecule has 0 radical (unpaired) electrons. The molecule has 1 amide bonds. The van der Waals surface area contributed by atoms with Gasteiger partial charge in [0.25, 0.3) is 0 Å². The van der Waals surface area contributed by atoms with Crippen LogP contribution in [0, 0.1) is 0 Å². The third kappa shape index (κ3) is 6.61. The van der Waals surface area contributed by atoms with Crippen LogP contribution >= 0.6 is 34.5 Å². The zero-order chi connectivity index (χ0) is 28.4. The van der Waals surface area contributed by atoms with Gasteiger partial charge < -0.3 is 9.64 Å². The summed E-state index contributed by atoms with van der Waals surface area (Å²) in [6, 6.07) is 9.82. The summed E-state index contributed by atoms with van der Waals surface area (Å²) in [4.78, 5) is 15.9. The molecule has 0 saturated carbocycles. The Hall–Kier alpha value is -2.15. The maximum Gasteiger partial charge on any atom is 0.416 e. The van der Waals surface area contributed by atoms with Crippen LogP contribution in [-0.2, 0) is 32.2 Å². The normalized spacial score (nSPS) is 16.0. The van der Waals surface area contributed by atoms with Crippen molar-refractivity contribution in [2.24, 2.45) is 0 Å². The Bertz CT molecular complexity index is 1450. The number of rotatable bonds is 9. The van der Waals surface area contributed by atoms with Crippen LogP contribution in [-0.4, -0.2) is 56.9 Å². The van der Waals surface area contributed by atoms with Gasteiger partial charge in [-0.3, -0.25) is 4.79 Å². The lowest BCUT2D eigenvalue weighted by atomic mass is 9.93. The number of alkyl halides is 3. The van der Waals surface area contributed by atoms with Crippen LogP contribution in [0.1, 0.15) is 34.0 Å². The molecule has 0 spiro atoms. The number of carbonyl (C=O) groups excluding carboxylic acids is 1. The molecule has 1 aromatic heterocycles. The minimum Gasteiger partial charge on any atom is -0.385 e. The highest BCUT2D eigenvalue weighted by Crippen LogP contribution is 2.41. The molecule has 2 aromatic carbocycles. The van der Waals surface area contributed by atoms with Gasteiger partial charge >= 0.3 is 6.18 Å². The van der Waals surface area contributed by atoms with Crippen LogP contribution in [0.15, 0.2) is 58.8 Å². The number of nitrogens with zero attached hydrogens (tertiary/aromatic N) is 2. The SMILES string of the molecule is COCCCN(CC(=O)N1CCc2sccc2C1c1ccc(Cl)cc1Cl)S(=O)(=O)c1cccc(C(F)(F)F)c1. The number of halogens is 5. The molecule has 1 aliphatic heterocycles. The zero-order valence-electron chi connectivity index (χ0n) is 20.7. The average molecular weight is 622 g/mol. The van der Waals surface area contributed by atoms with Crippen molar-refractivity contribution in [2.45, 2.75) is 30.0 Å². The topological polar surface area (TPSA) is 66.9 Å². The van der Waals surface area contributed by atoms with Crippen LogP contribution in [0.2, 0.25) is 10.0 Å². The van der Waals surface area contributed by atoms with Gasteiger partial charge in [0.1, 0.15) is 0 Å². The number of sulfonamides is 1. The Morgan fingerprint density at radius 3 is 2.62 bits per heavy atom. The second kappa shape index (κ2) is 12.2. The fraction of sp³-hybridized carbons (Fsp3) is 0.346. The molecule has 0 fully saturated rings. The molecule has 1 unspecified atom stereocenters. The van der Waals surface area contributed by atoms with Gasteiger partial charge in [0.15, 0.2) is 0 Å². The highest BCUT2D eigenvalue weighted by Gasteiger charge is 2.37. The van der Waals surface area contributed by atoms with Gasteiger partial charge in [0.05, 0.1) is 23.0 Å². The smallest absolute Gasteiger partial charge is 0.385 e. The summed E-state index contributed by atoms with van der Waals surface area (Å²) < 4.78 is 73.0. The monoisotopic (exact) mass is 620 g/mol. The zero-order valence-corrected chi connectivity index (χ0v) is 23.9. The second-order valence-corrected chi connectivity index (χ2v) is 12.7. The van der Waals surface area contributed by atoms with Crippen molar-refractivity contribution in [1.82, 2.24) is 9.21 Å². The highest BCUT2D eigenvalue weighted by atomic mass is 35.5. The van der Waals surface area contributed by atoms with Crippen LogP contribution < -0.4 is 0 Å². The van der Waals surface area contributed by atoms with E-state index in [2.05, 4.69) is 0 Å². The highest BCUT2D eigenvalue weighted by molar-refractivity contribution is 7.89. The number of fused-ring (bicyclic) bond motifs is 1. The molecule has 1 atom stereocenters. The number of hydrogen-bond acceptors (Lipinski definition) is 5. The van der Waals surface area contributed by atoms with Crippen molar-refractivity contribution in [2.75, 3.05) is 33.4 Å². The molecule has 6 nitrogen and oxygen atoms in total. The van der Waals surface area contributed by atoms with E-state index in [1.807, 2.05) is 11.4 Å². The number of hydrogen-bond donors (Lipinski definition) is 0. The first-order valence-corrected chi connectivity index (χ1v) is 15.0. The number of amides is 1. The molecule has 13 heteroatoms. The molecule has 4 rings (SSSR count). The van der Waals surface area contributed by atoms with E-state index in [0.29, 0.717) is 34.6 Å². The first kappa shape index (κ1) is 29.8. The molecule has 39 heavy (non-hydrogen) atoms. The van der Waals surface area contributed by atoms with Gasteiger partial charge in [-0.2, -0.15) is 17.5 Å². The van der Waals surface area contributed by atoms with Crippen molar-refractivity contribution >= 4 is 50.5 Å². The summed E-state index contributed by atoms with van der Waals surface area (Å²) >= 11 is 14.2. The first-order valence-electron chi connectivity index (χ1n) is 11.9. The van der Waals surface area contributed by atoms with Crippen LogP contribution in [0.5, 0.6) is 0 Å².